The highest BCUT2D eigenvalue weighted by Crippen LogP contribution is 2.08. The fraction of sp³-hybridized carbons (Fsp3) is 1.00. The van der Waals surface area contributed by atoms with E-state index in [0.717, 1.165) is 32.7 Å². The SMILES string of the molecule is NCCCON1CCSCC1. The first-order valence-corrected chi connectivity index (χ1v) is 5.24. The van der Waals surface area contributed by atoms with E-state index in [1.165, 1.54) is 11.5 Å². The highest BCUT2D eigenvalue weighted by atomic mass is 32.2. The molecule has 0 unspecified atom stereocenters. The van der Waals surface area contributed by atoms with Gasteiger partial charge in [0.25, 0.3) is 0 Å². The zero-order valence-electron chi connectivity index (χ0n) is 6.79. The normalized spacial score (nSPS) is 20.5. The molecule has 4 heteroatoms. The van der Waals surface area contributed by atoms with E-state index in [2.05, 4.69) is 0 Å². The second-order valence-corrected chi connectivity index (χ2v) is 3.74. The van der Waals surface area contributed by atoms with Crippen LogP contribution in [0.2, 0.25) is 0 Å². The van der Waals surface area contributed by atoms with Crippen LogP contribution >= 0.6 is 11.8 Å². The number of nitrogens with zero attached hydrogens (tertiary/aromatic N) is 1. The van der Waals surface area contributed by atoms with Gasteiger partial charge in [0.15, 0.2) is 0 Å². The average molecular weight is 176 g/mol. The third-order valence-electron chi connectivity index (χ3n) is 1.59. The molecule has 0 spiro atoms. The monoisotopic (exact) mass is 176 g/mol. The van der Waals surface area contributed by atoms with Crippen molar-refractivity contribution in [2.24, 2.45) is 5.73 Å². The summed E-state index contributed by atoms with van der Waals surface area (Å²) in [6.07, 6.45) is 0.962. The minimum atomic E-state index is 0.725. The highest BCUT2D eigenvalue weighted by molar-refractivity contribution is 7.99. The number of rotatable bonds is 4. The molecule has 0 aromatic rings. The van der Waals surface area contributed by atoms with Crippen LogP contribution < -0.4 is 5.73 Å². The maximum atomic E-state index is 5.46. The molecule has 0 aromatic heterocycles. The molecule has 0 saturated carbocycles. The van der Waals surface area contributed by atoms with Crippen molar-refractivity contribution in [3.05, 3.63) is 0 Å². The summed E-state index contributed by atoms with van der Waals surface area (Å²) >= 11 is 1.99. The Morgan fingerprint density at radius 2 is 2.09 bits per heavy atom. The minimum Gasteiger partial charge on any atom is -0.330 e. The lowest BCUT2D eigenvalue weighted by Crippen LogP contribution is -2.33. The molecule has 1 fully saturated rings. The van der Waals surface area contributed by atoms with Crippen molar-refractivity contribution < 1.29 is 4.84 Å². The van der Waals surface area contributed by atoms with Crippen molar-refractivity contribution >= 4 is 11.8 Å². The first-order chi connectivity index (χ1) is 5.43. The smallest absolute Gasteiger partial charge is 0.0697 e. The third kappa shape index (κ3) is 3.96. The molecule has 0 bridgehead atoms. The summed E-state index contributed by atoms with van der Waals surface area (Å²) in [6, 6.07) is 0. The zero-order chi connectivity index (χ0) is 7.94. The Labute approximate surface area is 72.2 Å². The average Bonchev–Trinajstić information content (AvgIpc) is 2.07. The van der Waals surface area contributed by atoms with Crippen molar-refractivity contribution in [1.29, 1.82) is 0 Å². The van der Waals surface area contributed by atoms with Gasteiger partial charge in [0.1, 0.15) is 0 Å². The van der Waals surface area contributed by atoms with Gasteiger partial charge in [0.05, 0.1) is 6.61 Å². The van der Waals surface area contributed by atoms with E-state index in [-0.39, 0.29) is 0 Å². The molecule has 0 aliphatic carbocycles. The molecule has 0 radical (unpaired) electrons. The molecular formula is C7H16N2OS. The van der Waals surface area contributed by atoms with Crippen molar-refractivity contribution in [2.45, 2.75) is 6.42 Å². The van der Waals surface area contributed by atoms with E-state index in [4.69, 9.17) is 10.6 Å². The van der Waals surface area contributed by atoms with Crippen molar-refractivity contribution in [1.82, 2.24) is 5.06 Å². The van der Waals surface area contributed by atoms with Crippen LogP contribution in [0, 0.1) is 0 Å². The van der Waals surface area contributed by atoms with Crippen LogP contribution in [-0.2, 0) is 4.84 Å². The van der Waals surface area contributed by atoms with Gasteiger partial charge in [-0.25, -0.2) is 0 Å². The lowest BCUT2D eigenvalue weighted by molar-refractivity contribution is -0.152. The Morgan fingerprint density at radius 3 is 2.73 bits per heavy atom. The van der Waals surface area contributed by atoms with Gasteiger partial charge in [-0.05, 0) is 13.0 Å². The van der Waals surface area contributed by atoms with E-state index < -0.39 is 0 Å². The molecule has 1 saturated heterocycles. The van der Waals surface area contributed by atoms with Gasteiger partial charge in [-0.2, -0.15) is 16.8 Å². The summed E-state index contributed by atoms with van der Waals surface area (Å²) in [7, 11) is 0. The molecular weight excluding hydrogens is 160 g/mol. The highest BCUT2D eigenvalue weighted by Gasteiger charge is 2.09. The van der Waals surface area contributed by atoms with E-state index >= 15 is 0 Å². The standard InChI is InChI=1S/C7H16N2OS/c8-2-1-5-10-9-3-6-11-7-4-9/h1-8H2. The molecule has 2 N–H and O–H groups in total. The maximum absolute atomic E-state index is 5.46. The molecule has 1 aliphatic heterocycles. The minimum absolute atomic E-state index is 0.725. The lowest BCUT2D eigenvalue weighted by atomic mass is 10.5. The van der Waals surface area contributed by atoms with Gasteiger partial charge >= 0.3 is 0 Å². The zero-order valence-corrected chi connectivity index (χ0v) is 7.61. The van der Waals surface area contributed by atoms with Gasteiger partial charge in [0.2, 0.25) is 0 Å². The van der Waals surface area contributed by atoms with Crippen LogP contribution in [0.1, 0.15) is 6.42 Å². The fourth-order valence-electron chi connectivity index (χ4n) is 0.953. The Hall–Kier alpha value is 0.230. The van der Waals surface area contributed by atoms with E-state index in [1.807, 2.05) is 16.8 Å². The largest absolute Gasteiger partial charge is 0.330 e. The fourth-order valence-corrected chi connectivity index (χ4v) is 1.82. The maximum Gasteiger partial charge on any atom is 0.0697 e. The van der Waals surface area contributed by atoms with Crippen molar-refractivity contribution in [2.75, 3.05) is 37.7 Å². The van der Waals surface area contributed by atoms with E-state index in [1.54, 1.807) is 0 Å². The Morgan fingerprint density at radius 1 is 1.36 bits per heavy atom. The summed E-state index contributed by atoms with van der Waals surface area (Å²) in [5.74, 6) is 2.39. The van der Waals surface area contributed by atoms with E-state index in [0.29, 0.717) is 0 Å². The molecule has 0 amide bonds. The van der Waals surface area contributed by atoms with Crippen LogP contribution in [0.4, 0.5) is 0 Å². The van der Waals surface area contributed by atoms with Crippen LogP contribution in [0.5, 0.6) is 0 Å². The molecule has 1 rings (SSSR count). The summed E-state index contributed by atoms with van der Waals surface area (Å²) < 4.78 is 0. The second-order valence-electron chi connectivity index (χ2n) is 2.52. The van der Waals surface area contributed by atoms with Gasteiger partial charge in [-0.1, -0.05) is 0 Å². The molecule has 1 aliphatic rings. The lowest BCUT2D eigenvalue weighted by Gasteiger charge is -2.25. The van der Waals surface area contributed by atoms with Gasteiger partial charge < -0.3 is 5.73 Å². The van der Waals surface area contributed by atoms with Gasteiger partial charge in [0, 0.05) is 24.6 Å². The predicted octanol–water partition coefficient (Wildman–Crippen LogP) is 0.316. The van der Waals surface area contributed by atoms with Crippen LogP contribution in [0.15, 0.2) is 0 Å². The molecule has 11 heavy (non-hydrogen) atoms. The topological polar surface area (TPSA) is 38.5 Å². The number of hydrogen-bond acceptors (Lipinski definition) is 4. The first-order valence-electron chi connectivity index (χ1n) is 4.09. The van der Waals surface area contributed by atoms with E-state index in [9.17, 15) is 0 Å². The summed E-state index contributed by atoms with van der Waals surface area (Å²) in [4.78, 5) is 5.46. The Kier molecular flexibility index (Phi) is 4.94. The predicted molar refractivity (Wildman–Crippen MR) is 48.5 cm³/mol. The van der Waals surface area contributed by atoms with Crippen LogP contribution in [0.3, 0.4) is 0 Å². The molecule has 66 valence electrons. The number of hydrogen-bond donors (Lipinski definition) is 1. The van der Waals surface area contributed by atoms with Crippen LogP contribution in [-0.4, -0.2) is 42.8 Å². The van der Waals surface area contributed by atoms with Gasteiger partial charge in [-0.3, -0.25) is 4.84 Å². The summed E-state index contributed by atoms with van der Waals surface area (Å²) in [5, 5.41) is 2.05. The van der Waals surface area contributed by atoms with Crippen LogP contribution in [0.25, 0.3) is 0 Å². The van der Waals surface area contributed by atoms with Crippen molar-refractivity contribution in [3.63, 3.8) is 0 Å². The quantitative estimate of drug-likeness (QED) is 0.626. The number of hydroxylamine groups is 2. The first kappa shape index (κ1) is 9.32. The number of nitrogens with two attached hydrogens (primary N) is 1. The van der Waals surface area contributed by atoms with Gasteiger partial charge in [-0.15, -0.1) is 0 Å². The molecule has 0 aromatic carbocycles. The van der Waals surface area contributed by atoms with Crippen molar-refractivity contribution in [3.8, 4) is 0 Å². The summed E-state index contributed by atoms with van der Waals surface area (Å²) in [6.45, 7) is 3.63. The molecule has 3 nitrogen and oxygen atoms in total. The summed E-state index contributed by atoms with van der Waals surface area (Å²) in [5.41, 5.74) is 5.34. The molecule has 0 atom stereocenters. The molecule has 1 heterocycles. The Bertz CT molecular complexity index is 96.4. The number of thioether (sulfide) groups is 1. The Balaban J connectivity index is 1.96. The second kappa shape index (κ2) is 5.83. The third-order valence-corrected chi connectivity index (χ3v) is 2.53.